The number of piperidine rings is 1. The third-order valence-corrected chi connectivity index (χ3v) is 6.41. The van der Waals surface area contributed by atoms with Crippen molar-refractivity contribution < 1.29 is 24.1 Å². The van der Waals surface area contributed by atoms with Gasteiger partial charge in [-0.3, -0.25) is 9.69 Å². The monoisotopic (exact) mass is 475 g/mol. The van der Waals surface area contributed by atoms with Crippen LogP contribution in [0.15, 0.2) is 72.8 Å². The highest BCUT2D eigenvalue weighted by Crippen LogP contribution is 2.41. The molecular weight excluding hydrogens is 442 g/mol. The van der Waals surface area contributed by atoms with Crippen LogP contribution in [0.5, 0.6) is 17.2 Å². The van der Waals surface area contributed by atoms with Crippen LogP contribution in [0.4, 0.5) is 0 Å². The Morgan fingerprint density at radius 3 is 2.49 bits per heavy atom. The SMILES string of the molecule is CCOc1cc(C(c2ccccc2OC)N2CCCCC2C(=O)O)ccc1OCc1ccccc1. The Balaban J connectivity index is 1.74. The quantitative estimate of drug-likeness (QED) is 0.406. The largest absolute Gasteiger partial charge is 0.496 e. The number of likely N-dealkylation sites (tertiary alicyclic amines) is 1. The first-order chi connectivity index (χ1) is 17.1. The molecule has 1 aliphatic rings. The molecule has 0 bridgehead atoms. The van der Waals surface area contributed by atoms with Gasteiger partial charge >= 0.3 is 5.97 Å². The summed E-state index contributed by atoms with van der Waals surface area (Å²) in [6.07, 6.45) is 2.48. The predicted molar refractivity (Wildman–Crippen MR) is 135 cm³/mol. The Labute approximate surface area is 207 Å². The smallest absolute Gasteiger partial charge is 0.320 e. The van der Waals surface area contributed by atoms with Crippen molar-refractivity contribution in [2.75, 3.05) is 20.3 Å². The second kappa shape index (κ2) is 11.8. The molecule has 0 radical (unpaired) electrons. The first kappa shape index (κ1) is 24.6. The molecule has 184 valence electrons. The van der Waals surface area contributed by atoms with E-state index in [-0.39, 0.29) is 6.04 Å². The van der Waals surface area contributed by atoms with E-state index < -0.39 is 12.0 Å². The van der Waals surface area contributed by atoms with Crippen LogP contribution >= 0.6 is 0 Å². The van der Waals surface area contributed by atoms with E-state index in [1.54, 1.807) is 7.11 Å². The van der Waals surface area contributed by atoms with Gasteiger partial charge in [0.25, 0.3) is 0 Å². The fraction of sp³-hybridized carbons (Fsp3) is 0.345. The number of carbonyl (C=O) groups is 1. The maximum atomic E-state index is 12.2. The van der Waals surface area contributed by atoms with Crippen LogP contribution in [0.25, 0.3) is 0 Å². The Morgan fingerprint density at radius 2 is 1.74 bits per heavy atom. The number of hydrogen-bond donors (Lipinski definition) is 1. The molecule has 2 atom stereocenters. The highest BCUT2D eigenvalue weighted by Gasteiger charge is 2.36. The fourth-order valence-corrected chi connectivity index (χ4v) is 4.79. The van der Waals surface area contributed by atoms with Gasteiger partial charge in [0.1, 0.15) is 18.4 Å². The van der Waals surface area contributed by atoms with E-state index in [9.17, 15) is 9.90 Å². The second-order valence-corrected chi connectivity index (χ2v) is 8.65. The number of carboxylic acids is 1. The second-order valence-electron chi connectivity index (χ2n) is 8.65. The van der Waals surface area contributed by atoms with Gasteiger partial charge in [-0.1, -0.05) is 61.0 Å². The molecule has 0 spiro atoms. The molecule has 1 N–H and O–H groups in total. The van der Waals surface area contributed by atoms with Crippen LogP contribution in [0.1, 0.15) is 48.9 Å². The summed E-state index contributed by atoms with van der Waals surface area (Å²) in [5.41, 5.74) is 2.95. The zero-order valence-corrected chi connectivity index (χ0v) is 20.4. The van der Waals surface area contributed by atoms with Crippen LogP contribution in [0.3, 0.4) is 0 Å². The van der Waals surface area contributed by atoms with Crippen LogP contribution in [-0.4, -0.2) is 42.3 Å². The highest BCUT2D eigenvalue weighted by atomic mass is 16.5. The molecule has 0 saturated carbocycles. The fourth-order valence-electron chi connectivity index (χ4n) is 4.79. The van der Waals surface area contributed by atoms with E-state index in [2.05, 4.69) is 4.90 Å². The van der Waals surface area contributed by atoms with E-state index in [1.165, 1.54) is 0 Å². The van der Waals surface area contributed by atoms with Crippen molar-refractivity contribution in [2.45, 2.75) is 44.9 Å². The minimum absolute atomic E-state index is 0.296. The number of aliphatic carboxylic acids is 1. The van der Waals surface area contributed by atoms with Crippen molar-refractivity contribution in [1.82, 2.24) is 4.90 Å². The van der Waals surface area contributed by atoms with Crippen LogP contribution in [-0.2, 0) is 11.4 Å². The third kappa shape index (κ3) is 5.77. The molecule has 1 aliphatic heterocycles. The van der Waals surface area contributed by atoms with Crippen molar-refractivity contribution in [2.24, 2.45) is 0 Å². The van der Waals surface area contributed by atoms with E-state index in [4.69, 9.17) is 14.2 Å². The summed E-state index contributed by atoms with van der Waals surface area (Å²) in [6.45, 7) is 3.56. The zero-order valence-electron chi connectivity index (χ0n) is 20.4. The summed E-state index contributed by atoms with van der Waals surface area (Å²) in [4.78, 5) is 14.3. The van der Waals surface area contributed by atoms with Gasteiger partial charge in [-0.25, -0.2) is 0 Å². The predicted octanol–water partition coefficient (Wildman–Crippen LogP) is 5.70. The number of benzene rings is 3. The minimum Gasteiger partial charge on any atom is -0.496 e. The Morgan fingerprint density at radius 1 is 0.971 bits per heavy atom. The normalized spacial score (nSPS) is 16.9. The molecule has 2 unspecified atom stereocenters. The molecule has 6 nitrogen and oxygen atoms in total. The van der Waals surface area contributed by atoms with Crippen molar-refractivity contribution in [3.8, 4) is 17.2 Å². The first-order valence-corrected chi connectivity index (χ1v) is 12.2. The summed E-state index contributed by atoms with van der Waals surface area (Å²) in [5, 5.41) is 10.0. The number of rotatable bonds is 10. The maximum absolute atomic E-state index is 12.2. The molecule has 4 rings (SSSR count). The van der Waals surface area contributed by atoms with E-state index in [0.29, 0.717) is 37.7 Å². The molecule has 6 heteroatoms. The molecule has 3 aromatic rings. The van der Waals surface area contributed by atoms with E-state index in [1.807, 2.05) is 79.7 Å². The number of methoxy groups -OCH3 is 1. The first-order valence-electron chi connectivity index (χ1n) is 12.2. The van der Waals surface area contributed by atoms with Crippen LogP contribution in [0.2, 0.25) is 0 Å². The van der Waals surface area contributed by atoms with Gasteiger partial charge in [0.05, 0.1) is 19.8 Å². The summed E-state index contributed by atoms with van der Waals surface area (Å²) >= 11 is 0. The molecule has 1 fully saturated rings. The zero-order chi connectivity index (χ0) is 24.6. The number of ether oxygens (including phenoxy) is 3. The van der Waals surface area contributed by atoms with Gasteiger partial charge in [-0.2, -0.15) is 0 Å². The van der Waals surface area contributed by atoms with Gasteiger partial charge < -0.3 is 19.3 Å². The Hall–Kier alpha value is -3.51. The van der Waals surface area contributed by atoms with Crippen LogP contribution in [0, 0.1) is 0 Å². The summed E-state index contributed by atoms with van der Waals surface area (Å²) in [7, 11) is 1.65. The van der Waals surface area contributed by atoms with Crippen LogP contribution < -0.4 is 14.2 Å². The van der Waals surface area contributed by atoms with Crippen molar-refractivity contribution in [1.29, 1.82) is 0 Å². The number of nitrogens with zero attached hydrogens (tertiary/aromatic N) is 1. The molecule has 35 heavy (non-hydrogen) atoms. The summed E-state index contributed by atoms with van der Waals surface area (Å²) in [6, 6.07) is 22.9. The maximum Gasteiger partial charge on any atom is 0.320 e. The minimum atomic E-state index is -0.794. The topological polar surface area (TPSA) is 68.2 Å². The highest BCUT2D eigenvalue weighted by molar-refractivity contribution is 5.74. The average molecular weight is 476 g/mol. The Kier molecular flexibility index (Phi) is 8.27. The summed E-state index contributed by atoms with van der Waals surface area (Å²) in [5.74, 6) is 1.24. The third-order valence-electron chi connectivity index (χ3n) is 6.41. The molecule has 0 aliphatic carbocycles. The van der Waals surface area contributed by atoms with E-state index in [0.717, 1.165) is 35.3 Å². The molecule has 1 heterocycles. The molecular formula is C29H33NO5. The van der Waals surface area contributed by atoms with Gasteiger partial charge in [-0.15, -0.1) is 0 Å². The molecule has 3 aromatic carbocycles. The molecule has 1 saturated heterocycles. The van der Waals surface area contributed by atoms with Crippen molar-refractivity contribution >= 4 is 5.97 Å². The Bertz CT molecular complexity index is 1120. The lowest BCUT2D eigenvalue weighted by molar-refractivity contribution is -0.145. The number of hydrogen-bond acceptors (Lipinski definition) is 5. The average Bonchev–Trinajstić information content (AvgIpc) is 2.89. The number of carboxylic acid groups (broad SMARTS) is 1. The van der Waals surface area contributed by atoms with Gasteiger partial charge in [0, 0.05) is 5.56 Å². The van der Waals surface area contributed by atoms with Crippen molar-refractivity contribution in [3.63, 3.8) is 0 Å². The molecule has 0 aromatic heterocycles. The lowest BCUT2D eigenvalue weighted by atomic mass is 9.91. The number of para-hydroxylation sites is 1. The van der Waals surface area contributed by atoms with Crippen molar-refractivity contribution in [3.05, 3.63) is 89.5 Å². The van der Waals surface area contributed by atoms with Gasteiger partial charge in [0.15, 0.2) is 11.5 Å². The standard InChI is InChI=1S/C29H33NO5/c1-3-34-27-19-22(16-17-26(27)35-20-21-11-5-4-6-12-21)28(23-13-7-8-15-25(23)33-2)30-18-10-9-14-24(30)29(31)32/h4-8,11-13,15-17,19,24,28H,3,9-10,14,18,20H2,1-2H3,(H,31,32). The van der Waals surface area contributed by atoms with Gasteiger partial charge in [0.2, 0.25) is 0 Å². The molecule has 0 amide bonds. The summed E-state index contributed by atoms with van der Waals surface area (Å²) < 4.78 is 17.8. The lowest BCUT2D eigenvalue weighted by Crippen LogP contribution is -2.46. The van der Waals surface area contributed by atoms with E-state index >= 15 is 0 Å². The lowest BCUT2D eigenvalue weighted by Gasteiger charge is -2.40. The van der Waals surface area contributed by atoms with Gasteiger partial charge in [-0.05, 0) is 55.6 Å².